The molecule has 7 heteroatoms. The SMILES string of the molecule is CCn1nnnc1COc1ccc(C(=O)Nc2cccc(C)c2C)cc1. The van der Waals surface area contributed by atoms with Gasteiger partial charge in [0.25, 0.3) is 5.91 Å². The van der Waals surface area contributed by atoms with Gasteiger partial charge in [-0.3, -0.25) is 4.79 Å². The molecule has 0 aliphatic rings. The number of tetrazole rings is 1. The van der Waals surface area contributed by atoms with Gasteiger partial charge >= 0.3 is 0 Å². The van der Waals surface area contributed by atoms with Gasteiger partial charge in [-0.15, -0.1) is 5.10 Å². The van der Waals surface area contributed by atoms with Gasteiger partial charge in [-0.05, 0) is 72.7 Å². The van der Waals surface area contributed by atoms with Crippen molar-refractivity contribution in [3.63, 3.8) is 0 Å². The number of ether oxygens (including phenoxy) is 1. The molecule has 0 atom stereocenters. The summed E-state index contributed by atoms with van der Waals surface area (Å²) in [5.74, 6) is 1.16. The summed E-state index contributed by atoms with van der Waals surface area (Å²) in [7, 11) is 0. The van der Waals surface area contributed by atoms with Crippen LogP contribution in [0.25, 0.3) is 0 Å². The molecule has 0 unspecified atom stereocenters. The predicted octanol–water partition coefficient (Wildman–Crippen LogP) is 3.14. The number of nitrogens with zero attached hydrogens (tertiary/aromatic N) is 4. The maximum Gasteiger partial charge on any atom is 0.255 e. The van der Waals surface area contributed by atoms with E-state index in [4.69, 9.17) is 4.74 Å². The summed E-state index contributed by atoms with van der Waals surface area (Å²) < 4.78 is 7.36. The van der Waals surface area contributed by atoms with Crippen LogP contribution in [0.1, 0.15) is 34.2 Å². The van der Waals surface area contributed by atoms with Gasteiger partial charge in [-0.2, -0.15) is 0 Å². The van der Waals surface area contributed by atoms with Crippen molar-refractivity contribution in [2.45, 2.75) is 33.9 Å². The molecule has 7 nitrogen and oxygen atoms in total. The summed E-state index contributed by atoms with van der Waals surface area (Å²) in [6.07, 6.45) is 0. The highest BCUT2D eigenvalue weighted by atomic mass is 16.5. The summed E-state index contributed by atoms with van der Waals surface area (Å²) in [4.78, 5) is 12.4. The Hall–Kier alpha value is -3.22. The number of aryl methyl sites for hydroxylation is 2. The van der Waals surface area contributed by atoms with Gasteiger partial charge < -0.3 is 10.1 Å². The molecule has 0 saturated heterocycles. The second-order valence-corrected chi connectivity index (χ2v) is 5.93. The predicted molar refractivity (Wildman–Crippen MR) is 98.1 cm³/mol. The number of carbonyl (C=O) groups is 1. The van der Waals surface area contributed by atoms with E-state index in [-0.39, 0.29) is 12.5 Å². The largest absolute Gasteiger partial charge is 0.486 e. The monoisotopic (exact) mass is 351 g/mol. The third kappa shape index (κ3) is 3.88. The van der Waals surface area contributed by atoms with Crippen molar-refractivity contribution in [2.75, 3.05) is 5.32 Å². The fraction of sp³-hybridized carbons (Fsp3) is 0.263. The summed E-state index contributed by atoms with van der Waals surface area (Å²) in [5, 5.41) is 14.4. The van der Waals surface area contributed by atoms with Crippen LogP contribution >= 0.6 is 0 Å². The van der Waals surface area contributed by atoms with Crippen molar-refractivity contribution >= 4 is 11.6 Å². The average molecular weight is 351 g/mol. The summed E-state index contributed by atoms with van der Waals surface area (Å²) in [6.45, 7) is 6.93. The van der Waals surface area contributed by atoms with Crippen molar-refractivity contribution in [3.8, 4) is 5.75 Å². The lowest BCUT2D eigenvalue weighted by Gasteiger charge is -2.11. The van der Waals surface area contributed by atoms with E-state index in [0.29, 0.717) is 23.7 Å². The number of carbonyl (C=O) groups excluding carboxylic acids is 1. The van der Waals surface area contributed by atoms with E-state index in [1.807, 2.05) is 39.0 Å². The summed E-state index contributed by atoms with van der Waals surface area (Å²) in [5.41, 5.74) is 3.59. The average Bonchev–Trinajstić information content (AvgIpc) is 3.12. The number of rotatable bonds is 6. The molecular weight excluding hydrogens is 330 g/mol. The van der Waals surface area contributed by atoms with E-state index in [1.165, 1.54) is 0 Å². The zero-order valence-corrected chi connectivity index (χ0v) is 15.1. The van der Waals surface area contributed by atoms with Crippen LogP contribution < -0.4 is 10.1 Å². The molecular formula is C19H21N5O2. The van der Waals surface area contributed by atoms with Crippen molar-refractivity contribution in [3.05, 3.63) is 65.0 Å². The maximum atomic E-state index is 12.4. The first kappa shape index (κ1) is 17.6. The minimum absolute atomic E-state index is 0.153. The lowest BCUT2D eigenvalue weighted by atomic mass is 10.1. The summed E-state index contributed by atoms with van der Waals surface area (Å²) >= 11 is 0. The van der Waals surface area contributed by atoms with Crippen LogP contribution in [0, 0.1) is 13.8 Å². The Morgan fingerprint density at radius 1 is 1.15 bits per heavy atom. The molecule has 1 heterocycles. The van der Waals surface area contributed by atoms with Crippen LogP contribution in [0.3, 0.4) is 0 Å². The van der Waals surface area contributed by atoms with Gasteiger partial charge in [-0.1, -0.05) is 12.1 Å². The van der Waals surface area contributed by atoms with Crippen LogP contribution in [-0.4, -0.2) is 26.1 Å². The molecule has 26 heavy (non-hydrogen) atoms. The molecule has 0 aliphatic heterocycles. The molecule has 0 radical (unpaired) electrons. The molecule has 1 N–H and O–H groups in total. The van der Waals surface area contributed by atoms with Crippen molar-refractivity contribution < 1.29 is 9.53 Å². The minimum atomic E-state index is -0.153. The smallest absolute Gasteiger partial charge is 0.255 e. The van der Waals surface area contributed by atoms with Crippen LogP contribution in [0.2, 0.25) is 0 Å². The molecule has 3 rings (SSSR count). The zero-order valence-electron chi connectivity index (χ0n) is 15.1. The highest BCUT2D eigenvalue weighted by Gasteiger charge is 2.10. The number of hydrogen-bond donors (Lipinski definition) is 1. The fourth-order valence-electron chi connectivity index (χ4n) is 2.50. The van der Waals surface area contributed by atoms with E-state index in [0.717, 1.165) is 16.8 Å². The molecule has 2 aromatic carbocycles. The van der Waals surface area contributed by atoms with Crippen molar-refractivity contribution in [1.82, 2.24) is 20.2 Å². The highest BCUT2D eigenvalue weighted by Crippen LogP contribution is 2.20. The standard InChI is InChI=1S/C19H21N5O2/c1-4-24-18(21-22-23-24)12-26-16-10-8-15(9-11-16)19(25)20-17-7-5-6-13(2)14(17)3/h5-11H,4,12H2,1-3H3,(H,20,25). The lowest BCUT2D eigenvalue weighted by Crippen LogP contribution is -2.13. The first-order valence-corrected chi connectivity index (χ1v) is 8.44. The quantitative estimate of drug-likeness (QED) is 0.738. The Morgan fingerprint density at radius 2 is 1.92 bits per heavy atom. The molecule has 3 aromatic rings. The molecule has 0 fully saturated rings. The van der Waals surface area contributed by atoms with Gasteiger partial charge in [0.15, 0.2) is 5.82 Å². The third-order valence-corrected chi connectivity index (χ3v) is 4.24. The maximum absolute atomic E-state index is 12.4. The van der Waals surface area contributed by atoms with Gasteiger partial charge in [-0.25, -0.2) is 4.68 Å². The molecule has 1 aromatic heterocycles. The van der Waals surface area contributed by atoms with E-state index in [2.05, 4.69) is 20.8 Å². The van der Waals surface area contributed by atoms with Gasteiger partial charge in [0.1, 0.15) is 12.4 Å². The topological polar surface area (TPSA) is 81.9 Å². The number of nitrogens with one attached hydrogen (secondary N) is 1. The number of anilines is 1. The lowest BCUT2D eigenvalue weighted by molar-refractivity contribution is 0.102. The third-order valence-electron chi connectivity index (χ3n) is 4.24. The Labute approximate surface area is 152 Å². The fourth-order valence-corrected chi connectivity index (χ4v) is 2.50. The second-order valence-electron chi connectivity index (χ2n) is 5.93. The minimum Gasteiger partial charge on any atom is -0.486 e. The number of aromatic nitrogens is 4. The van der Waals surface area contributed by atoms with Crippen LogP contribution in [0.4, 0.5) is 5.69 Å². The first-order chi connectivity index (χ1) is 12.6. The van der Waals surface area contributed by atoms with Gasteiger partial charge in [0, 0.05) is 17.8 Å². The van der Waals surface area contributed by atoms with E-state index >= 15 is 0 Å². The molecule has 134 valence electrons. The van der Waals surface area contributed by atoms with E-state index in [1.54, 1.807) is 28.9 Å². The Balaban J connectivity index is 1.63. The second kappa shape index (κ2) is 7.77. The van der Waals surface area contributed by atoms with E-state index in [9.17, 15) is 4.79 Å². The number of amides is 1. The van der Waals surface area contributed by atoms with Crippen LogP contribution in [0.15, 0.2) is 42.5 Å². The van der Waals surface area contributed by atoms with Crippen molar-refractivity contribution in [2.24, 2.45) is 0 Å². The number of benzene rings is 2. The van der Waals surface area contributed by atoms with E-state index < -0.39 is 0 Å². The van der Waals surface area contributed by atoms with Crippen LogP contribution in [-0.2, 0) is 13.2 Å². The Kier molecular flexibility index (Phi) is 5.26. The highest BCUT2D eigenvalue weighted by molar-refractivity contribution is 6.04. The van der Waals surface area contributed by atoms with Gasteiger partial charge in [0.05, 0.1) is 0 Å². The van der Waals surface area contributed by atoms with Crippen molar-refractivity contribution in [1.29, 1.82) is 0 Å². The first-order valence-electron chi connectivity index (χ1n) is 8.44. The van der Waals surface area contributed by atoms with Gasteiger partial charge in [0.2, 0.25) is 0 Å². The molecule has 1 amide bonds. The zero-order chi connectivity index (χ0) is 18.5. The molecule has 0 spiro atoms. The molecule has 0 bridgehead atoms. The normalized spacial score (nSPS) is 10.6. The molecule has 0 saturated carbocycles. The Bertz CT molecular complexity index is 903. The molecule has 0 aliphatic carbocycles. The van der Waals surface area contributed by atoms with Crippen LogP contribution in [0.5, 0.6) is 5.75 Å². The summed E-state index contributed by atoms with van der Waals surface area (Å²) in [6, 6.07) is 12.8. The number of hydrogen-bond acceptors (Lipinski definition) is 5. The Morgan fingerprint density at radius 3 is 2.65 bits per heavy atom.